The van der Waals surface area contributed by atoms with Crippen molar-refractivity contribution in [1.29, 1.82) is 0 Å². The Kier molecular flexibility index (Phi) is 5.58. The van der Waals surface area contributed by atoms with Crippen LogP contribution in [0, 0.1) is 5.82 Å². The number of pyridine rings is 1. The average molecular weight is 429 g/mol. The zero-order valence-electron chi connectivity index (χ0n) is 17.6. The molecule has 2 aromatic heterocycles. The normalized spacial score (nSPS) is 14.4. The predicted octanol–water partition coefficient (Wildman–Crippen LogP) is 6.10. The Morgan fingerprint density at radius 2 is 1.81 bits per heavy atom. The van der Waals surface area contributed by atoms with Gasteiger partial charge >= 0.3 is 5.97 Å². The Bertz CT molecular complexity index is 1260. The van der Waals surface area contributed by atoms with Crippen molar-refractivity contribution in [3.63, 3.8) is 0 Å². The molecule has 0 aliphatic heterocycles. The molecular weight excluding hydrogens is 405 g/mol. The monoisotopic (exact) mass is 429 g/mol. The lowest BCUT2D eigenvalue weighted by atomic mass is 9.95. The van der Waals surface area contributed by atoms with Crippen molar-refractivity contribution in [1.82, 2.24) is 9.38 Å². The maximum Gasteiger partial charge on any atom is 0.343 e. The fraction of sp³-hybridized carbons (Fsp3) is 0.231. The summed E-state index contributed by atoms with van der Waals surface area (Å²) in [4.78, 5) is 17.5. The summed E-state index contributed by atoms with van der Waals surface area (Å²) in [6.07, 6.45) is 7.93. The van der Waals surface area contributed by atoms with E-state index in [9.17, 15) is 9.18 Å². The second-order valence-corrected chi connectivity index (χ2v) is 8.11. The number of aromatic nitrogens is 2. The molecule has 32 heavy (non-hydrogen) atoms. The lowest BCUT2D eigenvalue weighted by Gasteiger charge is -2.24. The molecule has 162 valence electrons. The van der Waals surface area contributed by atoms with E-state index < -0.39 is 11.8 Å². The predicted molar refractivity (Wildman–Crippen MR) is 122 cm³/mol. The summed E-state index contributed by atoms with van der Waals surface area (Å²) >= 11 is 0. The third-order valence-corrected chi connectivity index (χ3v) is 5.88. The lowest BCUT2D eigenvalue weighted by Crippen LogP contribution is -2.23. The van der Waals surface area contributed by atoms with Crippen LogP contribution < -0.4 is 10.1 Å². The van der Waals surface area contributed by atoms with Crippen LogP contribution in [0.15, 0.2) is 72.9 Å². The number of carbonyl (C=O) groups is 1. The summed E-state index contributed by atoms with van der Waals surface area (Å²) in [6.45, 7) is 0. The Labute approximate surface area is 185 Å². The van der Waals surface area contributed by atoms with E-state index in [4.69, 9.17) is 9.72 Å². The molecule has 4 aromatic rings. The first-order valence-electron chi connectivity index (χ1n) is 11.0. The molecule has 5 rings (SSSR count). The fourth-order valence-corrected chi connectivity index (χ4v) is 4.29. The summed E-state index contributed by atoms with van der Waals surface area (Å²) in [7, 11) is 0. The minimum absolute atomic E-state index is 0.162. The summed E-state index contributed by atoms with van der Waals surface area (Å²) in [6, 6.07) is 19.1. The van der Waals surface area contributed by atoms with Crippen LogP contribution in [0.5, 0.6) is 5.75 Å². The number of para-hydroxylation sites is 1. The van der Waals surface area contributed by atoms with E-state index in [1.807, 2.05) is 47.0 Å². The largest absolute Gasteiger partial charge is 0.422 e. The second-order valence-electron chi connectivity index (χ2n) is 8.11. The van der Waals surface area contributed by atoms with Gasteiger partial charge in [0.15, 0.2) is 0 Å². The van der Waals surface area contributed by atoms with E-state index in [-0.39, 0.29) is 5.56 Å². The summed E-state index contributed by atoms with van der Waals surface area (Å²) in [5.74, 6) is 0.188. The lowest BCUT2D eigenvalue weighted by molar-refractivity contribution is 0.0735. The first-order valence-corrected chi connectivity index (χ1v) is 11.0. The van der Waals surface area contributed by atoms with Gasteiger partial charge in [-0.2, -0.15) is 0 Å². The first kappa shape index (κ1) is 20.2. The number of halogens is 1. The smallest absolute Gasteiger partial charge is 0.343 e. The number of carbonyl (C=O) groups excluding carboxylic acids is 1. The van der Waals surface area contributed by atoms with Crippen LogP contribution >= 0.6 is 0 Å². The molecule has 0 saturated heterocycles. The van der Waals surface area contributed by atoms with E-state index >= 15 is 0 Å². The molecule has 0 amide bonds. The third-order valence-electron chi connectivity index (χ3n) is 5.88. The topological polar surface area (TPSA) is 55.6 Å². The standard InChI is InChI=1S/C26H24FN3O2/c27-19-10-8-9-18(17-19)26(31)32-22-14-5-4-13-21(22)24-25(28-20-11-2-1-3-12-20)30-16-7-6-15-23(30)29-24/h4-10,13-17,20,28H,1-3,11-12H2. The van der Waals surface area contributed by atoms with Gasteiger partial charge in [0, 0.05) is 17.8 Å². The van der Waals surface area contributed by atoms with Crippen molar-refractivity contribution >= 4 is 17.4 Å². The molecular formula is C26H24FN3O2. The average Bonchev–Trinajstić information content (AvgIpc) is 3.18. The summed E-state index contributed by atoms with van der Waals surface area (Å²) in [5, 5.41) is 3.70. The number of imidazole rings is 1. The van der Waals surface area contributed by atoms with Crippen LogP contribution in [-0.4, -0.2) is 21.4 Å². The molecule has 1 aliphatic carbocycles. The molecule has 1 aliphatic rings. The molecule has 0 spiro atoms. The number of hydrogen-bond donors (Lipinski definition) is 1. The number of nitrogens with zero attached hydrogens (tertiary/aromatic N) is 2. The van der Waals surface area contributed by atoms with Crippen molar-refractivity contribution in [2.24, 2.45) is 0 Å². The Morgan fingerprint density at radius 3 is 2.66 bits per heavy atom. The Hall–Kier alpha value is -3.67. The minimum Gasteiger partial charge on any atom is -0.422 e. The van der Waals surface area contributed by atoms with Gasteiger partial charge in [0.2, 0.25) is 0 Å². The highest BCUT2D eigenvalue weighted by atomic mass is 19.1. The van der Waals surface area contributed by atoms with Crippen molar-refractivity contribution < 1.29 is 13.9 Å². The molecule has 1 N–H and O–H groups in total. The molecule has 6 heteroatoms. The van der Waals surface area contributed by atoms with Gasteiger partial charge < -0.3 is 10.1 Å². The summed E-state index contributed by atoms with van der Waals surface area (Å²) in [5.41, 5.74) is 2.41. The SMILES string of the molecule is O=C(Oc1ccccc1-c1nc2ccccn2c1NC1CCCCC1)c1cccc(F)c1. The zero-order chi connectivity index (χ0) is 21.9. The fourth-order valence-electron chi connectivity index (χ4n) is 4.29. The number of nitrogens with one attached hydrogen (secondary N) is 1. The maximum atomic E-state index is 13.6. The molecule has 0 radical (unpaired) electrons. The Morgan fingerprint density at radius 1 is 1.00 bits per heavy atom. The number of rotatable bonds is 5. The molecule has 0 unspecified atom stereocenters. The van der Waals surface area contributed by atoms with E-state index in [2.05, 4.69) is 5.32 Å². The second kappa shape index (κ2) is 8.83. The highest BCUT2D eigenvalue weighted by molar-refractivity contribution is 5.92. The van der Waals surface area contributed by atoms with Crippen molar-refractivity contribution in [2.45, 2.75) is 38.1 Å². The zero-order valence-corrected chi connectivity index (χ0v) is 17.6. The molecule has 2 aromatic carbocycles. The van der Waals surface area contributed by atoms with E-state index in [0.717, 1.165) is 30.0 Å². The van der Waals surface area contributed by atoms with Gasteiger partial charge in [-0.1, -0.05) is 43.5 Å². The minimum atomic E-state index is -0.609. The number of benzene rings is 2. The maximum absolute atomic E-state index is 13.6. The quantitative estimate of drug-likeness (QED) is 0.307. The van der Waals surface area contributed by atoms with E-state index in [0.29, 0.717) is 17.4 Å². The van der Waals surface area contributed by atoms with Crippen LogP contribution in [0.1, 0.15) is 42.5 Å². The molecule has 5 nitrogen and oxygen atoms in total. The Balaban J connectivity index is 1.54. The molecule has 1 fully saturated rings. The number of hydrogen-bond acceptors (Lipinski definition) is 4. The van der Waals surface area contributed by atoms with Crippen LogP contribution in [0.25, 0.3) is 16.9 Å². The molecule has 0 bridgehead atoms. The van der Waals surface area contributed by atoms with Crippen molar-refractivity contribution in [3.05, 3.63) is 84.3 Å². The van der Waals surface area contributed by atoms with Gasteiger partial charge in [-0.05, 0) is 55.3 Å². The van der Waals surface area contributed by atoms with Gasteiger partial charge in [0.25, 0.3) is 0 Å². The van der Waals surface area contributed by atoms with Gasteiger partial charge in [0.05, 0.1) is 5.56 Å². The number of fused-ring (bicyclic) bond motifs is 1. The number of anilines is 1. The van der Waals surface area contributed by atoms with Crippen molar-refractivity contribution in [2.75, 3.05) is 5.32 Å². The first-order chi connectivity index (χ1) is 15.7. The molecule has 1 saturated carbocycles. The van der Waals surface area contributed by atoms with Gasteiger partial charge in [-0.3, -0.25) is 4.40 Å². The summed E-state index contributed by atoms with van der Waals surface area (Å²) < 4.78 is 21.3. The third kappa shape index (κ3) is 4.08. The van der Waals surface area contributed by atoms with Crippen LogP contribution in [0.2, 0.25) is 0 Å². The van der Waals surface area contributed by atoms with Gasteiger partial charge in [-0.25, -0.2) is 14.2 Å². The number of ether oxygens (including phenoxy) is 1. The van der Waals surface area contributed by atoms with Crippen LogP contribution in [-0.2, 0) is 0 Å². The van der Waals surface area contributed by atoms with Crippen LogP contribution in [0.3, 0.4) is 0 Å². The van der Waals surface area contributed by atoms with Crippen LogP contribution in [0.4, 0.5) is 10.2 Å². The van der Waals surface area contributed by atoms with E-state index in [1.165, 1.54) is 43.5 Å². The number of esters is 1. The van der Waals surface area contributed by atoms with Gasteiger partial charge in [-0.15, -0.1) is 0 Å². The van der Waals surface area contributed by atoms with Gasteiger partial charge in [0.1, 0.15) is 28.7 Å². The highest BCUT2D eigenvalue weighted by Gasteiger charge is 2.22. The van der Waals surface area contributed by atoms with E-state index in [1.54, 1.807) is 6.07 Å². The van der Waals surface area contributed by atoms with Crippen molar-refractivity contribution in [3.8, 4) is 17.0 Å². The molecule has 2 heterocycles. The highest BCUT2D eigenvalue weighted by Crippen LogP contribution is 2.36. The molecule has 0 atom stereocenters.